The van der Waals surface area contributed by atoms with Gasteiger partial charge in [0.25, 0.3) is 5.91 Å². The van der Waals surface area contributed by atoms with E-state index < -0.39 is 48.3 Å². The third-order valence-corrected chi connectivity index (χ3v) is 5.37. The molecule has 0 aliphatic heterocycles. The zero-order valence-electron chi connectivity index (χ0n) is 23.9. The Hall–Kier alpha value is -4.81. The average Bonchev–Trinajstić information content (AvgIpc) is 3.77. The van der Waals surface area contributed by atoms with Gasteiger partial charge in [0.15, 0.2) is 0 Å². The largest absolute Gasteiger partial charge is 0.480 e. The van der Waals surface area contributed by atoms with Gasteiger partial charge in [-0.3, -0.25) is 15.0 Å². The van der Waals surface area contributed by atoms with Crippen LogP contribution in [0.15, 0.2) is 60.7 Å². The number of carbonyl (C=O) groups is 5. The summed E-state index contributed by atoms with van der Waals surface area (Å²) in [5, 5.41) is 12.9. The number of carbonyl (C=O) groups excluding carboxylic acids is 4. The second-order valence-corrected chi connectivity index (χ2v) is 10.4. The predicted molar refractivity (Wildman–Crippen MR) is 151 cm³/mol. The average molecular weight is 587 g/mol. The minimum atomic E-state index is -1.10. The third kappa shape index (κ3) is 15.7. The molecule has 42 heavy (non-hydrogen) atoms. The van der Waals surface area contributed by atoms with Crippen LogP contribution in [-0.2, 0) is 37.0 Å². The number of amides is 4. The topological polar surface area (TPSA) is 181 Å². The van der Waals surface area contributed by atoms with E-state index in [0.717, 1.165) is 24.0 Å². The minimum absolute atomic E-state index is 0.112. The summed E-state index contributed by atoms with van der Waals surface area (Å²) in [4.78, 5) is 57.0. The van der Waals surface area contributed by atoms with Crippen LogP contribution in [0.3, 0.4) is 0 Å². The molecule has 13 heteroatoms. The van der Waals surface area contributed by atoms with E-state index in [2.05, 4.69) is 21.5 Å². The van der Waals surface area contributed by atoms with Crippen LogP contribution in [0.1, 0.15) is 51.2 Å². The second-order valence-electron chi connectivity index (χ2n) is 10.4. The summed E-state index contributed by atoms with van der Waals surface area (Å²) in [6.07, 6.45) is 0.335. The van der Waals surface area contributed by atoms with Gasteiger partial charge >= 0.3 is 24.2 Å². The van der Waals surface area contributed by atoms with E-state index in [0.29, 0.717) is 12.3 Å². The summed E-state index contributed by atoms with van der Waals surface area (Å²) < 4.78 is 15.0. The van der Waals surface area contributed by atoms with Gasteiger partial charge in [0.2, 0.25) is 0 Å². The van der Waals surface area contributed by atoms with Gasteiger partial charge in [-0.1, -0.05) is 73.5 Å². The van der Waals surface area contributed by atoms with Gasteiger partial charge in [-0.05, 0) is 44.2 Å². The van der Waals surface area contributed by atoms with E-state index in [4.69, 9.17) is 19.3 Å². The van der Waals surface area contributed by atoms with Crippen LogP contribution in [0.4, 0.5) is 14.4 Å². The lowest BCUT2D eigenvalue weighted by molar-refractivity contribution is -0.135. The first-order chi connectivity index (χ1) is 19.9. The first kappa shape index (κ1) is 33.4. The Labute approximate surface area is 244 Å². The quantitative estimate of drug-likeness (QED) is 0.205. The lowest BCUT2D eigenvalue weighted by atomic mass is 10.1. The normalized spacial score (nSPS) is 12.7. The molecule has 0 aromatic heterocycles. The summed E-state index contributed by atoms with van der Waals surface area (Å²) in [6, 6.07) is 17.6. The van der Waals surface area contributed by atoms with Crippen LogP contribution in [0.5, 0.6) is 0 Å². The maximum atomic E-state index is 12.3. The molecule has 2 aromatic carbocycles. The standard InChI is InChI=1S/C19H27N3O5.C10H11NO4/c1-19(2,3)27-18(25)22-21-16(23)15(11-13-9-10-13)20-17(24)26-12-14-7-5-4-6-8-14;12-9(13)6-11-10(14)15-7-8-4-2-1-3-5-8/h4-8,13,15H,9-12H2,1-3H3,(H,20,24)(H,21,23)(H,22,25);1-5H,6-7H2,(H,11,14)(H,12,13). The maximum absolute atomic E-state index is 12.3. The van der Waals surface area contributed by atoms with Crippen molar-refractivity contribution in [1.29, 1.82) is 0 Å². The number of nitrogens with one attached hydrogen (secondary N) is 4. The minimum Gasteiger partial charge on any atom is -0.480 e. The number of hydrogen-bond acceptors (Lipinski definition) is 8. The highest BCUT2D eigenvalue weighted by molar-refractivity contribution is 5.86. The molecule has 1 unspecified atom stereocenters. The molecule has 3 rings (SSSR count). The molecule has 2 aromatic rings. The summed E-state index contributed by atoms with van der Waals surface area (Å²) in [7, 11) is 0. The molecule has 0 radical (unpaired) electrons. The van der Waals surface area contributed by atoms with Crippen molar-refractivity contribution in [2.45, 2.75) is 64.9 Å². The fourth-order valence-electron chi connectivity index (χ4n) is 3.25. The van der Waals surface area contributed by atoms with E-state index in [-0.39, 0.29) is 13.2 Å². The van der Waals surface area contributed by atoms with Gasteiger partial charge in [0, 0.05) is 0 Å². The van der Waals surface area contributed by atoms with Gasteiger partial charge in [-0.2, -0.15) is 0 Å². The smallest absolute Gasteiger partial charge is 0.426 e. The first-order valence-electron chi connectivity index (χ1n) is 13.3. The van der Waals surface area contributed by atoms with Crippen LogP contribution >= 0.6 is 0 Å². The Balaban J connectivity index is 0.000000347. The molecule has 228 valence electrons. The summed E-state index contributed by atoms with van der Waals surface area (Å²) in [5.74, 6) is -1.24. The van der Waals surface area contributed by atoms with Crippen molar-refractivity contribution in [3.8, 4) is 0 Å². The first-order valence-corrected chi connectivity index (χ1v) is 13.3. The van der Waals surface area contributed by atoms with Crippen molar-refractivity contribution in [3.05, 3.63) is 71.8 Å². The Bertz CT molecular complexity index is 1170. The third-order valence-electron chi connectivity index (χ3n) is 5.37. The molecular weight excluding hydrogens is 548 g/mol. The lowest BCUT2D eigenvalue weighted by Crippen LogP contribution is -2.53. The molecule has 1 atom stereocenters. The molecule has 1 aliphatic rings. The Morgan fingerprint density at radius 2 is 1.33 bits per heavy atom. The molecule has 1 fully saturated rings. The SMILES string of the molecule is CC(C)(C)OC(=O)NNC(=O)C(CC1CC1)NC(=O)OCc1ccccc1.O=C(O)CNC(=O)OCc1ccccc1. The molecule has 4 amide bonds. The number of alkyl carbamates (subject to hydrolysis) is 2. The van der Waals surface area contributed by atoms with Crippen molar-refractivity contribution in [1.82, 2.24) is 21.5 Å². The van der Waals surface area contributed by atoms with Crippen LogP contribution in [0, 0.1) is 5.92 Å². The van der Waals surface area contributed by atoms with Gasteiger partial charge in [0.1, 0.15) is 31.4 Å². The van der Waals surface area contributed by atoms with Crippen LogP contribution < -0.4 is 21.5 Å². The van der Waals surface area contributed by atoms with Crippen LogP contribution in [-0.4, -0.2) is 53.5 Å². The number of carboxylic acid groups (broad SMARTS) is 1. The summed E-state index contributed by atoms with van der Waals surface area (Å²) in [6.45, 7) is 4.96. The lowest BCUT2D eigenvalue weighted by Gasteiger charge is -2.21. The van der Waals surface area contributed by atoms with Gasteiger partial charge in [-0.25, -0.2) is 19.8 Å². The van der Waals surface area contributed by atoms with E-state index in [1.807, 2.05) is 60.7 Å². The molecule has 1 saturated carbocycles. The molecule has 1 aliphatic carbocycles. The van der Waals surface area contributed by atoms with E-state index in [1.54, 1.807) is 20.8 Å². The van der Waals surface area contributed by atoms with Crippen molar-refractivity contribution in [2.75, 3.05) is 6.54 Å². The molecule has 13 nitrogen and oxygen atoms in total. The fraction of sp³-hybridized carbons (Fsp3) is 0.414. The predicted octanol–water partition coefficient (Wildman–Crippen LogP) is 3.63. The molecule has 0 saturated heterocycles. The number of hydrogen-bond donors (Lipinski definition) is 5. The number of hydrazine groups is 1. The van der Waals surface area contributed by atoms with Gasteiger partial charge in [0.05, 0.1) is 0 Å². The van der Waals surface area contributed by atoms with E-state index >= 15 is 0 Å². The Kier molecular flexibility index (Phi) is 13.6. The van der Waals surface area contributed by atoms with Crippen molar-refractivity contribution < 1.29 is 43.3 Å². The highest BCUT2D eigenvalue weighted by Gasteiger charge is 2.31. The fourth-order valence-corrected chi connectivity index (χ4v) is 3.25. The highest BCUT2D eigenvalue weighted by atomic mass is 16.6. The molecule has 5 N–H and O–H groups in total. The number of benzene rings is 2. The van der Waals surface area contributed by atoms with Gasteiger partial charge < -0.3 is 30.0 Å². The summed E-state index contributed by atoms with van der Waals surface area (Å²) in [5.41, 5.74) is 5.50. The molecule has 0 bridgehead atoms. The number of rotatable bonds is 10. The second kappa shape index (κ2) is 17.1. The summed E-state index contributed by atoms with van der Waals surface area (Å²) >= 11 is 0. The van der Waals surface area contributed by atoms with E-state index in [1.165, 1.54) is 0 Å². The number of aliphatic carboxylic acids is 1. The molecule has 0 spiro atoms. The van der Waals surface area contributed by atoms with Gasteiger partial charge in [-0.15, -0.1) is 0 Å². The van der Waals surface area contributed by atoms with Crippen molar-refractivity contribution in [2.24, 2.45) is 5.92 Å². The molecular formula is C29H38N4O9. The van der Waals surface area contributed by atoms with Crippen LogP contribution in [0.2, 0.25) is 0 Å². The van der Waals surface area contributed by atoms with Crippen LogP contribution in [0.25, 0.3) is 0 Å². The Morgan fingerprint density at radius 1 is 0.810 bits per heavy atom. The van der Waals surface area contributed by atoms with Crippen molar-refractivity contribution in [3.63, 3.8) is 0 Å². The zero-order valence-corrected chi connectivity index (χ0v) is 23.9. The van der Waals surface area contributed by atoms with E-state index in [9.17, 15) is 24.0 Å². The zero-order chi connectivity index (χ0) is 31.0. The highest BCUT2D eigenvalue weighted by Crippen LogP contribution is 2.33. The number of ether oxygens (including phenoxy) is 3. The van der Waals surface area contributed by atoms with Crippen molar-refractivity contribution >= 4 is 30.2 Å². The monoisotopic (exact) mass is 586 g/mol. The molecule has 0 heterocycles. The Morgan fingerprint density at radius 3 is 1.81 bits per heavy atom. The number of carboxylic acids is 1. The maximum Gasteiger partial charge on any atom is 0.426 e.